The Hall–Kier alpha value is -3.79. The zero-order valence-corrected chi connectivity index (χ0v) is 18.8. The molecule has 10 heteroatoms. The van der Waals surface area contributed by atoms with Crippen LogP contribution in [0.1, 0.15) is 26.5 Å². The van der Waals surface area contributed by atoms with Crippen molar-refractivity contribution in [3.63, 3.8) is 0 Å². The fraction of sp³-hybridized carbons (Fsp3) is 0.174. The molecule has 0 bridgehead atoms. The number of anilines is 1. The van der Waals surface area contributed by atoms with E-state index in [0.717, 1.165) is 32.9 Å². The van der Waals surface area contributed by atoms with Gasteiger partial charge in [-0.2, -0.15) is 0 Å². The van der Waals surface area contributed by atoms with E-state index in [1.807, 2.05) is 38.1 Å². The lowest BCUT2D eigenvalue weighted by Gasteiger charge is -2.13. The third-order valence-electron chi connectivity index (χ3n) is 4.98. The number of nitrogens with zero attached hydrogens (tertiary/aromatic N) is 3. The summed E-state index contributed by atoms with van der Waals surface area (Å²) in [6, 6.07) is 9.17. The van der Waals surface area contributed by atoms with E-state index in [1.165, 1.54) is 6.07 Å². The summed E-state index contributed by atoms with van der Waals surface area (Å²) >= 11 is 1.57. The topological polar surface area (TPSA) is 97.3 Å². The molecule has 0 spiro atoms. The van der Waals surface area contributed by atoms with E-state index in [9.17, 15) is 13.6 Å². The zero-order valence-electron chi connectivity index (χ0n) is 18.0. The molecule has 4 heterocycles. The van der Waals surface area contributed by atoms with E-state index >= 15 is 0 Å². The van der Waals surface area contributed by atoms with E-state index in [0.29, 0.717) is 5.65 Å². The maximum Gasteiger partial charge on any atom is 0.279 e. The number of thiophene rings is 1. The summed E-state index contributed by atoms with van der Waals surface area (Å²) in [6.07, 6.45) is 3.00. The van der Waals surface area contributed by atoms with Crippen LogP contribution in [0, 0.1) is 13.8 Å². The third kappa shape index (κ3) is 4.85. The molecule has 4 aromatic rings. The Morgan fingerprint density at radius 3 is 2.67 bits per heavy atom. The molecule has 0 radical (unpaired) electrons. The van der Waals surface area contributed by atoms with Crippen LogP contribution in [0.5, 0.6) is 0 Å². The van der Waals surface area contributed by atoms with Gasteiger partial charge >= 0.3 is 0 Å². The normalized spacial score (nSPS) is 11.8. The van der Waals surface area contributed by atoms with Crippen LogP contribution in [0.3, 0.4) is 0 Å². The van der Waals surface area contributed by atoms with Crippen LogP contribution in [-0.4, -0.2) is 26.7 Å². The first-order chi connectivity index (χ1) is 15.9. The number of halogens is 2. The fourth-order valence-corrected chi connectivity index (χ4v) is 4.14. The van der Waals surface area contributed by atoms with Crippen LogP contribution in [0.15, 0.2) is 60.8 Å². The quantitative estimate of drug-likeness (QED) is 0.372. The number of hydrogen-bond acceptors (Lipinski definition) is 6. The number of aryl methyl sites for hydroxylation is 2. The first-order valence-electron chi connectivity index (χ1n) is 10.1. The van der Waals surface area contributed by atoms with Crippen molar-refractivity contribution >= 4 is 28.6 Å². The molecule has 1 amide bonds. The highest BCUT2D eigenvalue weighted by atomic mass is 32.1. The van der Waals surface area contributed by atoms with Crippen LogP contribution < -0.4 is 16.4 Å². The number of amides is 1. The highest BCUT2D eigenvalue weighted by Crippen LogP contribution is 2.31. The second kappa shape index (κ2) is 9.37. The number of nitrogens with one attached hydrogen (secondary N) is 2. The largest absolute Gasteiger partial charge is 0.403 e. The number of alkyl halides is 2. The zero-order chi connectivity index (χ0) is 23.5. The fourth-order valence-electron chi connectivity index (χ4n) is 3.27. The first-order valence-corrected chi connectivity index (χ1v) is 10.9. The molecule has 0 aliphatic heterocycles. The average molecular weight is 469 g/mol. The van der Waals surface area contributed by atoms with Crippen molar-refractivity contribution in [2.45, 2.75) is 26.8 Å². The van der Waals surface area contributed by atoms with Gasteiger partial charge < -0.3 is 16.4 Å². The second-order valence-electron chi connectivity index (χ2n) is 7.43. The molecule has 7 nitrogen and oxygen atoms in total. The Labute approximate surface area is 193 Å². The molecule has 0 aromatic carbocycles. The number of carbonyl (C=O) groups excluding carboxylic acids is 1. The van der Waals surface area contributed by atoms with Crippen molar-refractivity contribution in [1.82, 2.24) is 19.7 Å². The number of aromatic nitrogens is 3. The minimum Gasteiger partial charge on any atom is -0.403 e. The number of carbonyl (C=O) groups is 1. The summed E-state index contributed by atoms with van der Waals surface area (Å²) < 4.78 is 28.4. The molecule has 0 saturated carbocycles. The Balaban J connectivity index is 1.73. The van der Waals surface area contributed by atoms with Gasteiger partial charge in [0.1, 0.15) is 0 Å². The molecular weight excluding hydrogens is 446 g/mol. The number of rotatable bonds is 7. The summed E-state index contributed by atoms with van der Waals surface area (Å²) in [5, 5.41) is 5.48. The number of hydrogen-bond donors (Lipinski definition) is 3. The number of nitrogens with two attached hydrogens (primary N) is 1. The van der Waals surface area contributed by atoms with Crippen molar-refractivity contribution in [1.29, 1.82) is 0 Å². The van der Waals surface area contributed by atoms with E-state index in [2.05, 4.69) is 20.6 Å². The number of allylic oxidation sites excluding steroid dienone is 1. The minimum atomic E-state index is -2.81. The summed E-state index contributed by atoms with van der Waals surface area (Å²) in [7, 11) is 0. The SMILES string of the molecule is Cc1ccc(CNC(=O)c2cc(N/C(=C\N)C(F)F)c3ncc(-c4ccc(C)s4)n3c2)cn1. The molecule has 4 N–H and O–H groups in total. The highest BCUT2D eigenvalue weighted by Gasteiger charge is 2.19. The van der Waals surface area contributed by atoms with Gasteiger partial charge in [-0.1, -0.05) is 6.07 Å². The van der Waals surface area contributed by atoms with Gasteiger partial charge in [0, 0.05) is 35.7 Å². The predicted molar refractivity (Wildman–Crippen MR) is 125 cm³/mol. The summed E-state index contributed by atoms with van der Waals surface area (Å²) in [5.41, 5.74) is 8.29. The van der Waals surface area contributed by atoms with E-state index < -0.39 is 12.1 Å². The monoisotopic (exact) mass is 468 g/mol. The lowest BCUT2D eigenvalue weighted by Crippen LogP contribution is -2.23. The number of imidazole rings is 1. The molecule has 170 valence electrons. The molecule has 0 aliphatic rings. The van der Waals surface area contributed by atoms with Crippen LogP contribution in [-0.2, 0) is 6.54 Å². The molecule has 33 heavy (non-hydrogen) atoms. The van der Waals surface area contributed by atoms with Crippen LogP contribution >= 0.6 is 11.3 Å². The predicted octanol–water partition coefficient (Wildman–Crippen LogP) is 4.48. The van der Waals surface area contributed by atoms with Crippen LogP contribution in [0.4, 0.5) is 14.5 Å². The van der Waals surface area contributed by atoms with Crippen LogP contribution in [0.2, 0.25) is 0 Å². The Bertz CT molecular complexity index is 1330. The smallest absolute Gasteiger partial charge is 0.279 e. The van der Waals surface area contributed by atoms with Crippen molar-refractivity contribution in [3.8, 4) is 10.6 Å². The van der Waals surface area contributed by atoms with Crippen LogP contribution in [0.25, 0.3) is 16.2 Å². The Kier molecular flexibility index (Phi) is 6.36. The average Bonchev–Trinajstić information content (AvgIpc) is 3.42. The van der Waals surface area contributed by atoms with Gasteiger partial charge in [-0.3, -0.25) is 14.2 Å². The molecule has 4 aromatic heterocycles. The lowest BCUT2D eigenvalue weighted by atomic mass is 10.2. The third-order valence-corrected chi connectivity index (χ3v) is 6.00. The van der Waals surface area contributed by atoms with Crippen molar-refractivity contribution in [2.24, 2.45) is 5.73 Å². The van der Waals surface area contributed by atoms with Crippen molar-refractivity contribution in [3.05, 3.63) is 82.5 Å². The number of fused-ring (bicyclic) bond motifs is 1. The summed E-state index contributed by atoms with van der Waals surface area (Å²) in [4.78, 5) is 23.7. The Morgan fingerprint density at radius 2 is 2.03 bits per heavy atom. The standard InChI is InChI=1S/C23H22F2N6OS/c1-13-3-5-15(9-27-13)10-29-23(32)16-7-17(30-18(8-26)21(24)25)22-28-11-19(31(22)12-16)20-6-4-14(2)33-20/h3-9,11-12,21,30H,10,26H2,1-2H3,(H,29,32)/b18-8-. The molecule has 0 fully saturated rings. The van der Waals surface area contributed by atoms with E-state index in [1.54, 1.807) is 34.3 Å². The van der Waals surface area contributed by atoms with Gasteiger partial charge in [0.15, 0.2) is 5.65 Å². The van der Waals surface area contributed by atoms with Gasteiger partial charge in [-0.25, -0.2) is 13.8 Å². The first kappa shape index (κ1) is 22.4. The number of pyridine rings is 2. The van der Waals surface area contributed by atoms with E-state index in [-0.39, 0.29) is 23.7 Å². The lowest BCUT2D eigenvalue weighted by molar-refractivity contribution is 0.0950. The molecule has 4 rings (SSSR count). The van der Waals surface area contributed by atoms with Gasteiger partial charge in [-0.05, 0) is 43.7 Å². The van der Waals surface area contributed by atoms with E-state index in [4.69, 9.17) is 5.73 Å². The van der Waals surface area contributed by atoms with Crippen molar-refractivity contribution in [2.75, 3.05) is 5.32 Å². The summed E-state index contributed by atoms with van der Waals surface area (Å²) in [5.74, 6) is -0.363. The summed E-state index contributed by atoms with van der Waals surface area (Å²) in [6.45, 7) is 4.15. The highest BCUT2D eigenvalue weighted by molar-refractivity contribution is 7.15. The molecular formula is C23H22F2N6OS. The minimum absolute atomic E-state index is 0.246. The Morgan fingerprint density at radius 1 is 1.21 bits per heavy atom. The molecule has 0 atom stereocenters. The van der Waals surface area contributed by atoms with Crippen molar-refractivity contribution < 1.29 is 13.6 Å². The van der Waals surface area contributed by atoms with Gasteiger partial charge in [0.05, 0.1) is 33.7 Å². The molecule has 0 saturated heterocycles. The molecule has 0 aliphatic carbocycles. The maximum atomic E-state index is 13.3. The maximum absolute atomic E-state index is 13.3. The van der Waals surface area contributed by atoms with Gasteiger partial charge in [0.2, 0.25) is 0 Å². The second-order valence-corrected chi connectivity index (χ2v) is 8.72. The molecule has 0 unspecified atom stereocenters. The van der Waals surface area contributed by atoms with Gasteiger partial charge in [-0.15, -0.1) is 11.3 Å². The van der Waals surface area contributed by atoms with Gasteiger partial charge in [0.25, 0.3) is 12.3 Å².